The summed E-state index contributed by atoms with van der Waals surface area (Å²) in [6, 6.07) is 5.99. The summed E-state index contributed by atoms with van der Waals surface area (Å²) in [5, 5.41) is 4.25. The van der Waals surface area contributed by atoms with Gasteiger partial charge in [0.2, 0.25) is 0 Å². The highest BCUT2D eigenvalue weighted by Crippen LogP contribution is 2.36. The van der Waals surface area contributed by atoms with E-state index in [0.29, 0.717) is 0 Å². The van der Waals surface area contributed by atoms with Crippen molar-refractivity contribution in [2.24, 2.45) is 0 Å². The summed E-state index contributed by atoms with van der Waals surface area (Å²) in [5.74, 6) is 0. The molecule has 2 aromatic heterocycles. The number of hydrogen-bond acceptors (Lipinski definition) is 3. The number of nitrogens with zero attached hydrogens (tertiary/aromatic N) is 2. The predicted molar refractivity (Wildman–Crippen MR) is 70.9 cm³/mol. The molecule has 0 atom stereocenters. The summed E-state index contributed by atoms with van der Waals surface area (Å²) in [6.45, 7) is 8.23. The average molecular weight is 244 g/mol. The van der Waals surface area contributed by atoms with Gasteiger partial charge in [-0.2, -0.15) is 5.10 Å². The Kier molecular flexibility index (Phi) is 2.34. The Hall–Kier alpha value is -1.33. The van der Waals surface area contributed by atoms with E-state index in [1.807, 2.05) is 22.8 Å². The minimum atomic E-state index is -0.323. The predicted octanol–water partition coefficient (Wildman–Crippen LogP) is 1.63. The SMILES string of the molecule is CC1(C)OB(c2cc3cccnn3c2)OC1(C)C. The Morgan fingerprint density at radius 2 is 1.83 bits per heavy atom. The maximum absolute atomic E-state index is 6.02. The molecule has 0 spiro atoms. The van der Waals surface area contributed by atoms with Crippen LogP contribution in [-0.4, -0.2) is 27.9 Å². The second kappa shape index (κ2) is 3.59. The van der Waals surface area contributed by atoms with Crippen LogP contribution < -0.4 is 5.46 Å². The van der Waals surface area contributed by atoms with Gasteiger partial charge in [0.05, 0.1) is 16.7 Å². The van der Waals surface area contributed by atoms with E-state index >= 15 is 0 Å². The normalized spacial score (nSPS) is 21.7. The van der Waals surface area contributed by atoms with E-state index in [1.54, 1.807) is 6.20 Å². The van der Waals surface area contributed by atoms with E-state index < -0.39 is 0 Å². The van der Waals surface area contributed by atoms with Gasteiger partial charge in [0, 0.05) is 17.9 Å². The van der Waals surface area contributed by atoms with Gasteiger partial charge in [0.1, 0.15) is 0 Å². The zero-order valence-corrected chi connectivity index (χ0v) is 11.2. The van der Waals surface area contributed by atoms with Crippen LogP contribution in [0.25, 0.3) is 5.52 Å². The molecule has 1 saturated heterocycles. The highest BCUT2D eigenvalue weighted by Gasteiger charge is 2.51. The van der Waals surface area contributed by atoms with Crippen molar-refractivity contribution >= 4 is 18.1 Å². The van der Waals surface area contributed by atoms with Crippen LogP contribution in [0.5, 0.6) is 0 Å². The molecule has 94 valence electrons. The Bertz CT molecular complexity index is 542. The molecule has 0 amide bonds. The summed E-state index contributed by atoms with van der Waals surface area (Å²) >= 11 is 0. The third kappa shape index (κ3) is 1.66. The van der Waals surface area contributed by atoms with Crippen molar-refractivity contribution in [3.63, 3.8) is 0 Å². The lowest BCUT2D eigenvalue weighted by Gasteiger charge is -2.32. The molecule has 0 aliphatic carbocycles. The van der Waals surface area contributed by atoms with Crippen LogP contribution in [0.15, 0.2) is 30.6 Å². The zero-order valence-electron chi connectivity index (χ0n) is 11.2. The molecule has 0 radical (unpaired) electrons. The second-order valence-electron chi connectivity index (χ2n) is 5.75. The van der Waals surface area contributed by atoms with Crippen molar-refractivity contribution in [3.05, 3.63) is 30.6 Å². The van der Waals surface area contributed by atoms with E-state index in [-0.39, 0.29) is 18.3 Å². The molecule has 0 saturated carbocycles. The van der Waals surface area contributed by atoms with Crippen molar-refractivity contribution < 1.29 is 9.31 Å². The molecule has 4 nitrogen and oxygen atoms in total. The molecule has 0 aromatic carbocycles. The smallest absolute Gasteiger partial charge is 0.399 e. The van der Waals surface area contributed by atoms with Gasteiger partial charge >= 0.3 is 7.12 Å². The Morgan fingerprint density at radius 1 is 1.17 bits per heavy atom. The van der Waals surface area contributed by atoms with Gasteiger partial charge in [-0.3, -0.25) is 0 Å². The summed E-state index contributed by atoms with van der Waals surface area (Å²) in [5.41, 5.74) is 1.44. The molecular weight excluding hydrogens is 227 g/mol. The Labute approximate surface area is 107 Å². The first-order valence-corrected chi connectivity index (χ1v) is 6.18. The Morgan fingerprint density at radius 3 is 2.44 bits per heavy atom. The van der Waals surface area contributed by atoms with Crippen molar-refractivity contribution in [1.29, 1.82) is 0 Å². The molecular formula is C13H17BN2O2. The van der Waals surface area contributed by atoms with Gasteiger partial charge in [-0.25, -0.2) is 4.52 Å². The zero-order chi connectivity index (χ0) is 13.0. The molecule has 5 heteroatoms. The molecule has 1 fully saturated rings. The fourth-order valence-electron chi connectivity index (χ4n) is 2.07. The standard InChI is InChI=1S/C13H17BN2O2/c1-12(2)13(3,4)18-14(17-12)10-8-11-6-5-7-15-16(11)9-10/h5-9H,1-4H3. The van der Waals surface area contributed by atoms with Crippen LogP contribution in [0.2, 0.25) is 0 Å². The maximum atomic E-state index is 6.02. The van der Waals surface area contributed by atoms with Gasteiger partial charge < -0.3 is 9.31 Å². The molecule has 0 unspecified atom stereocenters. The van der Waals surface area contributed by atoms with Gasteiger partial charge in [-0.05, 0) is 45.9 Å². The van der Waals surface area contributed by atoms with Crippen LogP contribution in [-0.2, 0) is 9.31 Å². The molecule has 18 heavy (non-hydrogen) atoms. The summed E-state index contributed by atoms with van der Waals surface area (Å²) < 4.78 is 13.9. The molecule has 1 aliphatic heterocycles. The highest BCUT2D eigenvalue weighted by atomic mass is 16.7. The van der Waals surface area contributed by atoms with Crippen molar-refractivity contribution in [2.45, 2.75) is 38.9 Å². The van der Waals surface area contributed by atoms with Crippen LogP contribution in [0, 0.1) is 0 Å². The second-order valence-corrected chi connectivity index (χ2v) is 5.75. The molecule has 2 aromatic rings. The number of aromatic nitrogens is 2. The first kappa shape index (κ1) is 11.7. The van der Waals surface area contributed by atoms with Crippen molar-refractivity contribution in [3.8, 4) is 0 Å². The fraction of sp³-hybridized carbons (Fsp3) is 0.462. The minimum absolute atomic E-state index is 0.306. The third-order valence-corrected chi connectivity index (χ3v) is 3.92. The monoisotopic (exact) mass is 244 g/mol. The minimum Gasteiger partial charge on any atom is -0.399 e. The van der Waals surface area contributed by atoms with Crippen molar-refractivity contribution in [1.82, 2.24) is 9.61 Å². The summed E-state index contributed by atoms with van der Waals surface area (Å²) in [4.78, 5) is 0. The van der Waals surface area contributed by atoms with Crippen LogP contribution in [0.4, 0.5) is 0 Å². The molecule has 3 heterocycles. The first-order valence-electron chi connectivity index (χ1n) is 6.18. The van der Waals surface area contributed by atoms with Gasteiger partial charge in [0.15, 0.2) is 0 Å². The molecule has 3 rings (SSSR count). The quantitative estimate of drug-likeness (QED) is 0.715. The van der Waals surface area contributed by atoms with Crippen molar-refractivity contribution in [2.75, 3.05) is 0 Å². The lowest BCUT2D eigenvalue weighted by molar-refractivity contribution is 0.00578. The van der Waals surface area contributed by atoms with Gasteiger partial charge in [0.25, 0.3) is 0 Å². The molecule has 0 bridgehead atoms. The lowest BCUT2D eigenvalue weighted by Crippen LogP contribution is -2.41. The van der Waals surface area contributed by atoms with E-state index in [2.05, 4.69) is 38.9 Å². The topological polar surface area (TPSA) is 35.8 Å². The highest BCUT2D eigenvalue weighted by molar-refractivity contribution is 6.62. The fourth-order valence-corrected chi connectivity index (χ4v) is 2.07. The lowest BCUT2D eigenvalue weighted by atomic mass is 9.81. The largest absolute Gasteiger partial charge is 0.496 e. The van der Waals surface area contributed by atoms with Crippen LogP contribution >= 0.6 is 0 Å². The first-order chi connectivity index (χ1) is 8.39. The summed E-state index contributed by atoms with van der Waals surface area (Å²) in [6.07, 6.45) is 3.72. The third-order valence-electron chi connectivity index (χ3n) is 3.92. The number of hydrogen-bond donors (Lipinski definition) is 0. The van der Waals surface area contributed by atoms with E-state index in [1.165, 1.54) is 0 Å². The number of fused-ring (bicyclic) bond motifs is 1. The van der Waals surface area contributed by atoms with Crippen LogP contribution in [0.3, 0.4) is 0 Å². The van der Waals surface area contributed by atoms with Crippen LogP contribution in [0.1, 0.15) is 27.7 Å². The Balaban J connectivity index is 1.97. The summed E-state index contributed by atoms with van der Waals surface area (Å²) in [7, 11) is -0.323. The maximum Gasteiger partial charge on any atom is 0.496 e. The molecule has 0 N–H and O–H groups in total. The van der Waals surface area contributed by atoms with E-state index in [9.17, 15) is 0 Å². The average Bonchev–Trinajstić information content (AvgIpc) is 2.78. The van der Waals surface area contributed by atoms with Gasteiger partial charge in [-0.15, -0.1) is 0 Å². The number of rotatable bonds is 1. The van der Waals surface area contributed by atoms with E-state index in [0.717, 1.165) is 11.0 Å². The van der Waals surface area contributed by atoms with Gasteiger partial charge in [-0.1, -0.05) is 0 Å². The molecule has 1 aliphatic rings. The van der Waals surface area contributed by atoms with E-state index in [4.69, 9.17) is 9.31 Å².